The minimum Gasteiger partial charge on any atom is -0.492 e. The van der Waals surface area contributed by atoms with E-state index in [0.29, 0.717) is 5.69 Å². The van der Waals surface area contributed by atoms with Crippen LogP contribution in [0.3, 0.4) is 0 Å². The van der Waals surface area contributed by atoms with Gasteiger partial charge in [-0.25, -0.2) is 0 Å². The normalized spacial score (nSPS) is 20.5. The Hall–Kier alpha value is -2.36. The van der Waals surface area contributed by atoms with E-state index in [0.717, 1.165) is 56.7 Å². The lowest BCUT2D eigenvalue weighted by atomic mass is 10.0. The van der Waals surface area contributed by atoms with Crippen molar-refractivity contribution in [1.29, 1.82) is 5.26 Å². The molecule has 0 saturated carbocycles. The van der Waals surface area contributed by atoms with Crippen LogP contribution in [-0.2, 0) is 19.6 Å². The maximum Gasteiger partial charge on any atom is 0.162 e. The Morgan fingerprint density at radius 1 is 1.21 bits per heavy atom. The summed E-state index contributed by atoms with van der Waals surface area (Å²) in [5.74, 6) is 1.79. The van der Waals surface area contributed by atoms with E-state index in [2.05, 4.69) is 46.1 Å². The minimum atomic E-state index is 0.507. The zero-order chi connectivity index (χ0) is 19.3. The largest absolute Gasteiger partial charge is 0.492 e. The third-order valence-electron chi connectivity index (χ3n) is 5.76. The van der Waals surface area contributed by atoms with Gasteiger partial charge in [0.05, 0.1) is 12.2 Å². The van der Waals surface area contributed by atoms with Gasteiger partial charge < -0.3 is 4.74 Å². The standard InChI is InChI=1S/C22H29N5O/c1-18-5-4-8-25(15-18)11-12-28-22-7-3-2-6-19(22)16-26-9-10-27-21(17-26)13-20(14-23)24-27/h2-3,6-7,13,18H,4-5,8-12,15-17H2,1H3. The Balaban J connectivity index is 1.33. The van der Waals surface area contributed by atoms with Crippen LogP contribution in [0, 0.1) is 17.2 Å². The Morgan fingerprint density at radius 3 is 2.96 bits per heavy atom. The molecule has 0 spiro atoms. The first-order valence-electron chi connectivity index (χ1n) is 10.3. The number of piperidine rings is 1. The van der Waals surface area contributed by atoms with Crippen LogP contribution in [0.2, 0.25) is 0 Å². The van der Waals surface area contributed by atoms with Gasteiger partial charge in [0.2, 0.25) is 0 Å². The zero-order valence-corrected chi connectivity index (χ0v) is 16.7. The number of benzene rings is 1. The second kappa shape index (κ2) is 8.76. The van der Waals surface area contributed by atoms with Crippen LogP contribution in [0.5, 0.6) is 5.75 Å². The Morgan fingerprint density at radius 2 is 2.11 bits per heavy atom. The van der Waals surface area contributed by atoms with Gasteiger partial charge in [0, 0.05) is 38.3 Å². The van der Waals surface area contributed by atoms with Crippen molar-refractivity contribution in [1.82, 2.24) is 19.6 Å². The molecular formula is C22H29N5O. The first kappa shape index (κ1) is 19.0. The maximum absolute atomic E-state index is 9.06. The summed E-state index contributed by atoms with van der Waals surface area (Å²) in [5.41, 5.74) is 2.84. The van der Waals surface area contributed by atoms with Crippen LogP contribution in [0.1, 0.15) is 36.7 Å². The number of nitriles is 1. The molecule has 0 bridgehead atoms. The van der Waals surface area contributed by atoms with Crippen LogP contribution >= 0.6 is 0 Å². The van der Waals surface area contributed by atoms with Crippen LogP contribution in [0.15, 0.2) is 30.3 Å². The molecule has 1 atom stereocenters. The summed E-state index contributed by atoms with van der Waals surface area (Å²) in [6, 6.07) is 12.4. The first-order valence-corrected chi connectivity index (χ1v) is 10.3. The highest BCUT2D eigenvalue weighted by molar-refractivity contribution is 5.33. The average molecular weight is 380 g/mol. The molecule has 4 rings (SSSR count). The molecule has 1 fully saturated rings. The van der Waals surface area contributed by atoms with E-state index in [1.54, 1.807) is 0 Å². The van der Waals surface area contributed by atoms with Gasteiger partial charge in [0.25, 0.3) is 0 Å². The molecule has 1 saturated heterocycles. The number of aromatic nitrogens is 2. The van der Waals surface area contributed by atoms with E-state index >= 15 is 0 Å². The monoisotopic (exact) mass is 379 g/mol. The maximum atomic E-state index is 9.06. The molecule has 0 N–H and O–H groups in total. The van der Waals surface area contributed by atoms with E-state index in [1.807, 2.05) is 16.8 Å². The SMILES string of the molecule is CC1CCCN(CCOc2ccccc2CN2CCn3nc(C#N)cc3C2)C1. The molecule has 28 heavy (non-hydrogen) atoms. The van der Waals surface area contributed by atoms with Gasteiger partial charge in [-0.1, -0.05) is 25.1 Å². The molecule has 2 aliphatic rings. The Kier molecular flexibility index (Phi) is 5.94. The second-order valence-corrected chi connectivity index (χ2v) is 8.07. The third kappa shape index (κ3) is 4.54. The Labute approximate surface area is 167 Å². The fourth-order valence-corrected chi connectivity index (χ4v) is 4.30. The molecule has 1 unspecified atom stereocenters. The summed E-state index contributed by atoms with van der Waals surface area (Å²) in [7, 11) is 0. The summed E-state index contributed by atoms with van der Waals surface area (Å²) in [5, 5.41) is 13.4. The molecule has 6 nitrogen and oxygen atoms in total. The number of para-hydroxylation sites is 1. The molecular weight excluding hydrogens is 350 g/mol. The molecule has 0 radical (unpaired) electrons. The van der Waals surface area contributed by atoms with Crippen LogP contribution in [0.25, 0.3) is 0 Å². The van der Waals surface area contributed by atoms with Crippen LogP contribution in [-0.4, -0.2) is 52.4 Å². The van der Waals surface area contributed by atoms with Crippen molar-refractivity contribution < 1.29 is 4.74 Å². The fourth-order valence-electron chi connectivity index (χ4n) is 4.30. The van der Waals surface area contributed by atoms with Crippen LogP contribution < -0.4 is 4.74 Å². The molecule has 1 aromatic heterocycles. The van der Waals surface area contributed by atoms with E-state index < -0.39 is 0 Å². The van der Waals surface area contributed by atoms with E-state index in [-0.39, 0.29) is 0 Å². The molecule has 1 aromatic carbocycles. The topological polar surface area (TPSA) is 57.3 Å². The summed E-state index contributed by atoms with van der Waals surface area (Å²) in [6.45, 7) is 9.89. The second-order valence-electron chi connectivity index (χ2n) is 8.07. The predicted octanol–water partition coefficient (Wildman–Crippen LogP) is 2.88. The number of hydrogen-bond donors (Lipinski definition) is 0. The van der Waals surface area contributed by atoms with Crippen molar-refractivity contribution >= 4 is 0 Å². The van der Waals surface area contributed by atoms with Gasteiger partial charge in [0.1, 0.15) is 18.4 Å². The summed E-state index contributed by atoms with van der Waals surface area (Å²) < 4.78 is 8.13. The number of rotatable bonds is 6. The zero-order valence-electron chi connectivity index (χ0n) is 16.7. The highest BCUT2D eigenvalue weighted by Gasteiger charge is 2.20. The van der Waals surface area contributed by atoms with Crippen molar-refractivity contribution in [2.75, 3.05) is 32.8 Å². The van der Waals surface area contributed by atoms with E-state index in [4.69, 9.17) is 10.00 Å². The molecule has 0 amide bonds. The molecule has 148 valence electrons. The lowest BCUT2D eigenvalue weighted by Crippen LogP contribution is -2.37. The molecule has 6 heteroatoms. The highest BCUT2D eigenvalue weighted by atomic mass is 16.5. The molecule has 3 heterocycles. The number of fused-ring (bicyclic) bond motifs is 1. The number of likely N-dealkylation sites (tertiary alicyclic amines) is 1. The van der Waals surface area contributed by atoms with E-state index in [1.165, 1.54) is 31.5 Å². The van der Waals surface area contributed by atoms with E-state index in [9.17, 15) is 0 Å². The number of nitrogens with zero attached hydrogens (tertiary/aromatic N) is 5. The first-order chi connectivity index (χ1) is 13.7. The number of hydrogen-bond acceptors (Lipinski definition) is 5. The van der Waals surface area contributed by atoms with Crippen molar-refractivity contribution in [3.63, 3.8) is 0 Å². The van der Waals surface area contributed by atoms with Gasteiger partial charge in [0.15, 0.2) is 5.69 Å². The average Bonchev–Trinajstić information content (AvgIpc) is 3.12. The molecule has 2 aromatic rings. The summed E-state index contributed by atoms with van der Waals surface area (Å²) in [4.78, 5) is 4.92. The lowest BCUT2D eigenvalue weighted by molar-refractivity contribution is 0.151. The third-order valence-corrected chi connectivity index (χ3v) is 5.76. The molecule has 2 aliphatic heterocycles. The van der Waals surface area contributed by atoms with Crippen molar-refractivity contribution in [3.8, 4) is 11.8 Å². The predicted molar refractivity (Wildman–Crippen MR) is 108 cm³/mol. The fraction of sp³-hybridized carbons (Fsp3) is 0.545. The van der Waals surface area contributed by atoms with Gasteiger partial charge in [-0.3, -0.25) is 14.5 Å². The summed E-state index contributed by atoms with van der Waals surface area (Å²) >= 11 is 0. The van der Waals surface area contributed by atoms with Crippen molar-refractivity contribution in [2.24, 2.45) is 5.92 Å². The highest BCUT2D eigenvalue weighted by Crippen LogP contribution is 2.23. The van der Waals surface area contributed by atoms with Gasteiger partial charge in [-0.05, 0) is 37.4 Å². The van der Waals surface area contributed by atoms with Crippen molar-refractivity contribution in [3.05, 3.63) is 47.3 Å². The van der Waals surface area contributed by atoms with Gasteiger partial charge in [-0.2, -0.15) is 10.4 Å². The van der Waals surface area contributed by atoms with Crippen molar-refractivity contribution in [2.45, 2.75) is 39.4 Å². The van der Waals surface area contributed by atoms with Gasteiger partial charge >= 0.3 is 0 Å². The van der Waals surface area contributed by atoms with Gasteiger partial charge in [-0.15, -0.1) is 0 Å². The lowest BCUT2D eigenvalue weighted by Gasteiger charge is -2.31. The molecule has 0 aliphatic carbocycles. The van der Waals surface area contributed by atoms with Crippen LogP contribution in [0.4, 0.5) is 0 Å². The quantitative estimate of drug-likeness (QED) is 0.772. The smallest absolute Gasteiger partial charge is 0.162 e. The number of ether oxygens (including phenoxy) is 1. The Bertz CT molecular complexity index is 840. The summed E-state index contributed by atoms with van der Waals surface area (Å²) in [6.07, 6.45) is 2.65. The minimum absolute atomic E-state index is 0.507.